The molecule has 10 nitrogen and oxygen atoms in total. The molecule has 3 aromatic carbocycles. The van der Waals surface area contributed by atoms with Gasteiger partial charge in [-0.3, -0.25) is 0 Å². The molecule has 0 amide bonds. The molecule has 0 saturated carbocycles. The zero-order valence-corrected chi connectivity index (χ0v) is 26.3. The van der Waals surface area contributed by atoms with E-state index in [0.717, 1.165) is 37.1 Å². The lowest BCUT2D eigenvalue weighted by Crippen LogP contribution is -2.12. The van der Waals surface area contributed by atoms with Crippen LogP contribution in [0.3, 0.4) is 0 Å². The first-order valence-corrected chi connectivity index (χ1v) is 15.2. The average molecular weight is 667 g/mol. The maximum atomic E-state index is 14.6. The van der Waals surface area contributed by atoms with Crippen LogP contribution in [0.4, 0.5) is 8.78 Å². The van der Waals surface area contributed by atoms with E-state index < -0.39 is 35.5 Å². The predicted molar refractivity (Wildman–Crippen MR) is 170 cm³/mol. The number of unbranched alkanes of at least 4 members (excludes halogenated alkanes) is 4. The summed E-state index contributed by atoms with van der Waals surface area (Å²) in [6, 6.07) is 12.9. The molecule has 0 aliphatic rings. The second-order valence-electron chi connectivity index (χ2n) is 10.1. The molecule has 0 atom stereocenters. The maximum absolute atomic E-state index is 14.6. The highest BCUT2D eigenvalue weighted by atomic mass is 19.1. The SMILES string of the molecule is C=CC(=O)OCCCCCOc1ccc(C(=O)Oc2ccc(OC(=O)c3ccc(OCCCCCOC(=O)C=C)cc3F)cc2)c(F)c1. The van der Waals surface area contributed by atoms with Gasteiger partial charge >= 0.3 is 23.9 Å². The fraction of sp³-hybridized carbons (Fsp3) is 0.278. The lowest BCUT2D eigenvalue weighted by molar-refractivity contribution is -0.138. The molecule has 3 aromatic rings. The van der Waals surface area contributed by atoms with E-state index in [4.69, 9.17) is 28.4 Å². The summed E-state index contributed by atoms with van der Waals surface area (Å²) in [7, 11) is 0. The first-order chi connectivity index (χ1) is 23.2. The molecule has 0 aliphatic carbocycles. The van der Waals surface area contributed by atoms with Gasteiger partial charge in [0.05, 0.1) is 37.6 Å². The number of rotatable bonds is 20. The molecule has 0 N–H and O–H groups in total. The highest BCUT2D eigenvalue weighted by molar-refractivity contribution is 5.92. The van der Waals surface area contributed by atoms with Crippen LogP contribution in [0.25, 0.3) is 0 Å². The van der Waals surface area contributed by atoms with E-state index in [2.05, 4.69) is 13.2 Å². The van der Waals surface area contributed by atoms with E-state index in [9.17, 15) is 28.0 Å². The molecule has 0 aliphatic heterocycles. The third kappa shape index (κ3) is 12.7. The summed E-state index contributed by atoms with van der Waals surface area (Å²) in [5.41, 5.74) is -0.618. The molecule has 0 heterocycles. The van der Waals surface area contributed by atoms with Crippen LogP contribution in [-0.4, -0.2) is 50.3 Å². The van der Waals surface area contributed by atoms with Gasteiger partial charge in [0.25, 0.3) is 0 Å². The number of halogens is 2. The highest BCUT2D eigenvalue weighted by Gasteiger charge is 2.17. The van der Waals surface area contributed by atoms with E-state index in [-0.39, 0.29) is 47.3 Å². The van der Waals surface area contributed by atoms with Crippen LogP contribution in [0.5, 0.6) is 23.0 Å². The van der Waals surface area contributed by atoms with Crippen molar-refractivity contribution in [3.8, 4) is 23.0 Å². The largest absolute Gasteiger partial charge is 0.493 e. The third-order valence-corrected chi connectivity index (χ3v) is 6.50. The summed E-state index contributed by atoms with van der Waals surface area (Å²) in [5.74, 6) is -3.92. The Balaban J connectivity index is 1.41. The average Bonchev–Trinajstić information content (AvgIpc) is 3.07. The summed E-state index contributed by atoms with van der Waals surface area (Å²) >= 11 is 0. The Kier molecular flexibility index (Phi) is 15.3. The van der Waals surface area contributed by atoms with Gasteiger partial charge in [0.1, 0.15) is 34.6 Å². The molecule has 3 rings (SSSR count). The number of hydrogen-bond donors (Lipinski definition) is 0. The number of carbonyl (C=O) groups is 4. The predicted octanol–water partition coefficient (Wildman–Crippen LogP) is 6.96. The topological polar surface area (TPSA) is 124 Å². The van der Waals surface area contributed by atoms with Gasteiger partial charge in [-0.1, -0.05) is 13.2 Å². The normalized spacial score (nSPS) is 10.4. The minimum absolute atomic E-state index is 0.0590. The van der Waals surface area contributed by atoms with Crippen molar-refractivity contribution in [3.05, 3.63) is 109 Å². The van der Waals surface area contributed by atoms with Gasteiger partial charge in [-0.2, -0.15) is 0 Å². The Morgan fingerprint density at radius 3 is 1.23 bits per heavy atom. The van der Waals surface area contributed by atoms with Crippen molar-refractivity contribution in [1.29, 1.82) is 0 Å². The minimum Gasteiger partial charge on any atom is -0.493 e. The standard InChI is InChI=1S/C36H36F2O10/c1-3-33(39)45-21-9-5-7-19-43-27-15-17-29(31(37)23-27)35(41)47-25-11-13-26(14-12-25)48-36(42)30-18-16-28(24-32(30)38)44-20-8-6-10-22-46-34(40)4-2/h3-4,11-18,23-24H,1-2,5-10,19-22H2. The number of ether oxygens (including phenoxy) is 6. The van der Waals surface area contributed by atoms with Gasteiger partial charge in [-0.05, 0) is 87.1 Å². The monoisotopic (exact) mass is 666 g/mol. The van der Waals surface area contributed by atoms with Gasteiger partial charge < -0.3 is 28.4 Å². The van der Waals surface area contributed by atoms with Crippen LogP contribution in [0.1, 0.15) is 59.2 Å². The third-order valence-electron chi connectivity index (χ3n) is 6.50. The fourth-order valence-electron chi connectivity index (χ4n) is 4.01. The lowest BCUT2D eigenvalue weighted by atomic mass is 10.2. The van der Waals surface area contributed by atoms with Gasteiger partial charge in [0.15, 0.2) is 0 Å². The van der Waals surface area contributed by atoms with Crippen LogP contribution in [0, 0.1) is 11.6 Å². The second-order valence-corrected chi connectivity index (χ2v) is 10.1. The Morgan fingerprint density at radius 1 is 0.521 bits per heavy atom. The molecule has 0 bridgehead atoms. The van der Waals surface area contributed by atoms with E-state index in [0.29, 0.717) is 38.9 Å². The molecule has 0 fully saturated rings. The molecule has 0 radical (unpaired) electrons. The molecular weight excluding hydrogens is 630 g/mol. The second kappa shape index (κ2) is 19.9. The smallest absolute Gasteiger partial charge is 0.346 e. The Bertz CT molecular complexity index is 1450. The Labute approximate surface area is 276 Å². The Morgan fingerprint density at radius 2 is 0.875 bits per heavy atom. The van der Waals surface area contributed by atoms with Crippen molar-refractivity contribution in [2.24, 2.45) is 0 Å². The molecule has 48 heavy (non-hydrogen) atoms. The van der Waals surface area contributed by atoms with Crippen molar-refractivity contribution >= 4 is 23.9 Å². The molecule has 0 unspecified atom stereocenters. The maximum Gasteiger partial charge on any atom is 0.346 e. The van der Waals surface area contributed by atoms with Gasteiger partial charge in [0.2, 0.25) is 0 Å². The molecule has 0 saturated heterocycles. The van der Waals surface area contributed by atoms with Crippen LogP contribution in [0.15, 0.2) is 86.0 Å². The lowest BCUT2D eigenvalue weighted by Gasteiger charge is -2.10. The molecule has 254 valence electrons. The molecule has 12 heteroatoms. The van der Waals surface area contributed by atoms with Crippen LogP contribution >= 0.6 is 0 Å². The van der Waals surface area contributed by atoms with Crippen LogP contribution < -0.4 is 18.9 Å². The molecular formula is C36H36F2O10. The first kappa shape index (κ1) is 36.9. The highest BCUT2D eigenvalue weighted by Crippen LogP contribution is 2.24. The zero-order chi connectivity index (χ0) is 34.7. The summed E-state index contributed by atoms with van der Waals surface area (Å²) in [6.45, 7) is 7.80. The summed E-state index contributed by atoms with van der Waals surface area (Å²) in [4.78, 5) is 47.1. The fourth-order valence-corrected chi connectivity index (χ4v) is 4.01. The van der Waals surface area contributed by atoms with E-state index in [1.54, 1.807) is 0 Å². The van der Waals surface area contributed by atoms with Gasteiger partial charge in [-0.25, -0.2) is 28.0 Å². The minimum atomic E-state index is -0.948. The number of esters is 4. The number of benzene rings is 3. The molecule has 0 spiro atoms. The number of hydrogen-bond acceptors (Lipinski definition) is 10. The van der Waals surface area contributed by atoms with E-state index >= 15 is 0 Å². The van der Waals surface area contributed by atoms with E-state index in [1.165, 1.54) is 48.5 Å². The van der Waals surface area contributed by atoms with Crippen LogP contribution in [-0.2, 0) is 19.1 Å². The zero-order valence-electron chi connectivity index (χ0n) is 26.3. The van der Waals surface area contributed by atoms with Crippen molar-refractivity contribution < 1.29 is 56.4 Å². The van der Waals surface area contributed by atoms with Crippen molar-refractivity contribution in [3.63, 3.8) is 0 Å². The Hall–Kier alpha value is -5.52. The molecule has 0 aromatic heterocycles. The van der Waals surface area contributed by atoms with E-state index in [1.807, 2.05) is 0 Å². The van der Waals surface area contributed by atoms with Crippen molar-refractivity contribution in [1.82, 2.24) is 0 Å². The summed E-state index contributed by atoms with van der Waals surface area (Å²) in [6.07, 6.45) is 6.26. The first-order valence-electron chi connectivity index (χ1n) is 15.2. The van der Waals surface area contributed by atoms with Gasteiger partial charge in [-0.15, -0.1) is 0 Å². The van der Waals surface area contributed by atoms with Crippen molar-refractivity contribution in [2.45, 2.75) is 38.5 Å². The van der Waals surface area contributed by atoms with Crippen molar-refractivity contribution in [2.75, 3.05) is 26.4 Å². The number of carbonyl (C=O) groups excluding carboxylic acids is 4. The van der Waals surface area contributed by atoms with Gasteiger partial charge in [0, 0.05) is 24.3 Å². The summed E-state index contributed by atoms with van der Waals surface area (Å²) in [5, 5.41) is 0. The summed E-state index contributed by atoms with van der Waals surface area (Å²) < 4.78 is 60.5. The quantitative estimate of drug-likeness (QED) is 0.0541. The van der Waals surface area contributed by atoms with Crippen LogP contribution in [0.2, 0.25) is 0 Å².